The Balaban J connectivity index is -0.00000192. The molecule has 9 N–H and O–H groups in total. The third-order valence-corrected chi connectivity index (χ3v) is 6.06. The Morgan fingerprint density at radius 2 is 0.778 bits per heavy atom. The van der Waals surface area contributed by atoms with Crippen molar-refractivity contribution in [2.45, 2.75) is 38.0 Å². The van der Waals surface area contributed by atoms with Crippen molar-refractivity contribution in [3.05, 3.63) is 33.4 Å². The fourth-order valence-electron chi connectivity index (χ4n) is 2.49. The molecular formula is C15H27Br3N6S3. The minimum Gasteiger partial charge on any atom is -0.379 e. The highest BCUT2D eigenvalue weighted by Crippen LogP contribution is 2.33. The maximum atomic E-state index is 7.45. The van der Waals surface area contributed by atoms with E-state index in [-0.39, 0.29) is 66.4 Å². The lowest BCUT2D eigenvalue weighted by Gasteiger charge is -2.22. The zero-order valence-corrected chi connectivity index (χ0v) is 22.9. The molecule has 1 aromatic carbocycles. The van der Waals surface area contributed by atoms with Crippen LogP contribution in [0, 0.1) is 37.0 Å². The first-order valence-corrected chi connectivity index (χ1v) is 10.1. The molecule has 0 aromatic heterocycles. The van der Waals surface area contributed by atoms with Crippen LogP contribution < -0.4 is 17.2 Å². The molecule has 0 heterocycles. The highest BCUT2D eigenvalue weighted by Gasteiger charge is 2.18. The predicted molar refractivity (Wildman–Crippen MR) is 141 cm³/mol. The molecule has 0 atom stereocenters. The number of rotatable bonds is 6. The van der Waals surface area contributed by atoms with E-state index in [1.807, 2.05) is 0 Å². The maximum Gasteiger partial charge on any atom is 0.151 e. The normalized spacial score (nSPS) is 9.44. The van der Waals surface area contributed by atoms with Gasteiger partial charge in [0.2, 0.25) is 0 Å². The summed E-state index contributed by atoms with van der Waals surface area (Å²) in [5, 5.41) is 22.6. The van der Waals surface area contributed by atoms with Crippen molar-refractivity contribution in [3.8, 4) is 0 Å². The molecule has 0 unspecified atom stereocenters. The first kappa shape index (κ1) is 31.8. The van der Waals surface area contributed by atoms with Crippen LogP contribution in [-0.2, 0) is 17.3 Å². The molecular weight excluding hydrogens is 600 g/mol. The molecule has 1 aromatic rings. The summed E-state index contributed by atoms with van der Waals surface area (Å²) < 4.78 is 0. The fourth-order valence-corrected chi connectivity index (χ4v) is 4.69. The van der Waals surface area contributed by atoms with Crippen molar-refractivity contribution in [2.75, 3.05) is 0 Å². The Morgan fingerprint density at radius 3 is 0.926 bits per heavy atom. The van der Waals surface area contributed by atoms with E-state index in [0.29, 0.717) is 17.3 Å². The lowest BCUT2D eigenvalue weighted by Crippen LogP contribution is -2.11. The molecule has 0 aliphatic carbocycles. The maximum absolute atomic E-state index is 7.45. The largest absolute Gasteiger partial charge is 0.379 e. The van der Waals surface area contributed by atoms with E-state index in [4.69, 9.17) is 33.4 Å². The van der Waals surface area contributed by atoms with Crippen molar-refractivity contribution in [1.82, 2.24) is 0 Å². The number of thioether (sulfide) groups is 3. The lowest BCUT2D eigenvalue weighted by atomic mass is 9.90. The number of hydrogen-bond donors (Lipinski definition) is 6. The fraction of sp³-hybridized carbons (Fsp3) is 0.400. The van der Waals surface area contributed by atoms with Gasteiger partial charge >= 0.3 is 0 Å². The molecule has 0 spiro atoms. The highest BCUT2D eigenvalue weighted by molar-refractivity contribution is 8.93. The molecule has 0 amide bonds. The number of hydrogen-bond acceptors (Lipinski definition) is 6. The Bertz CT molecular complexity index is 574. The van der Waals surface area contributed by atoms with Gasteiger partial charge in [-0.3, -0.25) is 16.2 Å². The Hall–Kier alpha value is 0.120. The summed E-state index contributed by atoms with van der Waals surface area (Å²) in [7, 11) is 0. The van der Waals surface area contributed by atoms with E-state index in [9.17, 15) is 0 Å². The van der Waals surface area contributed by atoms with Crippen molar-refractivity contribution >= 4 is 102 Å². The van der Waals surface area contributed by atoms with E-state index in [0.717, 1.165) is 33.4 Å². The Labute approximate surface area is 205 Å². The standard InChI is InChI=1S/C15H24N6S3.3BrH/c1-7-10(4-22-13(16)17)8(2)12(6-24-15(20)21)9(3)11(7)5-23-14(18)19;;;/h4-6H2,1-3H3,(H3,16,17)(H3,18,19)(H3,20,21);3*1H. The van der Waals surface area contributed by atoms with Gasteiger partial charge in [0.25, 0.3) is 0 Å². The summed E-state index contributed by atoms with van der Waals surface area (Å²) in [6.45, 7) is 6.19. The van der Waals surface area contributed by atoms with E-state index in [1.54, 1.807) is 0 Å². The average molecular weight is 627 g/mol. The van der Waals surface area contributed by atoms with Crippen LogP contribution in [0.15, 0.2) is 0 Å². The monoisotopic (exact) mass is 624 g/mol. The van der Waals surface area contributed by atoms with Gasteiger partial charge in [-0.05, 0) is 54.2 Å². The van der Waals surface area contributed by atoms with Gasteiger partial charge in [-0.1, -0.05) is 35.3 Å². The van der Waals surface area contributed by atoms with Crippen LogP contribution >= 0.6 is 86.2 Å². The van der Waals surface area contributed by atoms with Crippen LogP contribution in [0.1, 0.15) is 33.4 Å². The first-order valence-electron chi connectivity index (χ1n) is 7.16. The number of nitrogens with one attached hydrogen (secondary N) is 3. The number of benzene rings is 1. The van der Waals surface area contributed by atoms with Crippen LogP contribution in [0.4, 0.5) is 0 Å². The molecule has 0 saturated heterocycles. The van der Waals surface area contributed by atoms with Crippen LogP contribution in [0.5, 0.6) is 0 Å². The lowest BCUT2D eigenvalue weighted by molar-refractivity contribution is 1.10. The van der Waals surface area contributed by atoms with Crippen LogP contribution in [0.25, 0.3) is 0 Å². The molecule has 0 bridgehead atoms. The molecule has 0 fully saturated rings. The summed E-state index contributed by atoms with van der Waals surface area (Å²) in [6.07, 6.45) is 0. The van der Waals surface area contributed by atoms with E-state index in [2.05, 4.69) is 20.8 Å². The predicted octanol–water partition coefficient (Wildman–Crippen LogP) is 4.73. The van der Waals surface area contributed by atoms with Gasteiger partial charge in [0, 0.05) is 17.3 Å². The van der Waals surface area contributed by atoms with Crippen LogP contribution in [0.2, 0.25) is 0 Å². The summed E-state index contributed by atoms with van der Waals surface area (Å²) in [5.74, 6) is 1.88. The van der Waals surface area contributed by atoms with Crippen molar-refractivity contribution in [1.29, 1.82) is 16.2 Å². The summed E-state index contributed by atoms with van der Waals surface area (Å²) in [6, 6.07) is 0. The molecule has 0 saturated carbocycles. The summed E-state index contributed by atoms with van der Waals surface area (Å²) >= 11 is 3.90. The van der Waals surface area contributed by atoms with Gasteiger partial charge in [0.1, 0.15) is 0 Å². The third-order valence-electron chi connectivity index (χ3n) is 3.83. The molecule has 6 nitrogen and oxygen atoms in total. The van der Waals surface area contributed by atoms with Gasteiger partial charge in [0.15, 0.2) is 15.5 Å². The van der Waals surface area contributed by atoms with E-state index in [1.165, 1.54) is 35.3 Å². The van der Waals surface area contributed by atoms with Gasteiger partial charge in [0.05, 0.1) is 0 Å². The summed E-state index contributed by atoms with van der Waals surface area (Å²) in [4.78, 5) is 0. The van der Waals surface area contributed by atoms with Gasteiger partial charge in [-0.25, -0.2) is 0 Å². The minimum atomic E-state index is 0. The average Bonchev–Trinajstić information content (AvgIpc) is 2.45. The smallest absolute Gasteiger partial charge is 0.151 e. The third kappa shape index (κ3) is 9.93. The van der Waals surface area contributed by atoms with Crippen molar-refractivity contribution in [2.24, 2.45) is 17.2 Å². The quantitative estimate of drug-likeness (QED) is 0.199. The molecule has 1 rings (SSSR count). The molecule has 0 aliphatic heterocycles. The second-order valence-electron chi connectivity index (χ2n) is 5.27. The molecule has 156 valence electrons. The topological polar surface area (TPSA) is 150 Å². The number of halogens is 3. The van der Waals surface area contributed by atoms with Crippen molar-refractivity contribution < 1.29 is 0 Å². The van der Waals surface area contributed by atoms with E-state index < -0.39 is 0 Å². The van der Waals surface area contributed by atoms with Gasteiger partial charge in [-0.15, -0.1) is 50.9 Å². The minimum absolute atomic E-state index is 0. The van der Waals surface area contributed by atoms with E-state index >= 15 is 0 Å². The zero-order chi connectivity index (χ0) is 18.4. The first-order chi connectivity index (χ1) is 11.1. The number of nitrogens with two attached hydrogens (primary N) is 3. The second kappa shape index (κ2) is 15.0. The SMILES string of the molecule is Br.Br.Br.Cc1c(CSC(=N)N)c(C)c(CSC(=N)N)c(C)c1CSC(=N)N. The molecule has 12 heteroatoms. The second-order valence-corrected chi connectivity index (χ2v) is 8.32. The van der Waals surface area contributed by atoms with Crippen LogP contribution in [0.3, 0.4) is 0 Å². The van der Waals surface area contributed by atoms with Gasteiger partial charge < -0.3 is 17.2 Å². The molecule has 0 radical (unpaired) electrons. The Morgan fingerprint density at radius 1 is 0.593 bits per heavy atom. The van der Waals surface area contributed by atoms with Crippen LogP contribution in [-0.4, -0.2) is 15.5 Å². The van der Waals surface area contributed by atoms with Crippen molar-refractivity contribution in [3.63, 3.8) is 0 Å². The molecule has 27 heavy (non-hydrogen) atoms. The summed E-state index contributed by atoms with van der Waals surface area (Å²) in [5.41, 5.74) is 23.4. The molecule has 0 aliphatic rings. The number of amidine groups is 3. The Kier molecular flexibility index (Phi) is 17.7. The highest BCUT2D eigenvalue weighted by atomic mass is 79.9. The zero-order valence-electron chi connectivity index (χ0n) is 15.3. The van der Waals surface area contributed by atoms with Gasteiger partial charge in [-0.2, -0.15) is 0 Å².